The number of hydrogen-bond acceptors (Lipinski definition) is 3. The van der Waals surface area contributed by atoms with E-state index in [0.29, 0.717) is 31.8 Å². The smallest absolute Gasteiger partial charge is 0.235 e. The van der Waals surface area contributed by atoms with Gasteiger partial charge in [0.2, 0.25) is 11.8 Å². The summed E-state index contributed by atoms with van der Waals surface area (Å²) in [6.45, 7) is 5.12. The Morgan fingerprint density at radius 1 is 1.55 bits per heavy atom. The molecule has 3 unspecified atom stereocenters. The highest BCUT2D eigenvalue weighted by atomic mass is 32.1. The molecular weight excluding hydrogens is 274 g/mol. The average Bonchev–Trinajstić information content (AvgIpc) is 2.44. The minimum atomic E-state index is -0.750. The summed E-state index contributed by atoms with van der Waals surface area (Å²) < 4.78 is 0. The van der Waals surface area contributed by atoms with Gasteiger partial charge >= 0.3 is 0 Å². The molecule has 2 saturated heterocycles. The number of carbonyl (C=O) groups is 2. The molecular formula is C14H23N3O2S. The van der Waals surface area contributed by atoms with Crippen LogP contribution in [0.15, 0.2) is 0 Å². The van der Waals surface area contributed by atoms with Crippen molar-refractivity contribution in [1.29, 1.82) is 0 Å². The maximum absolute atomic E-state index is 12.7. The molecule has 0 radical (unpaired) electrons. The number of nitrogens with one attached hydrogen (secondary N) is 1. The third kappa shape index (κ3) is 2.66. The van der Waals surface area contributed by atoms with Gasteiger partial charge in [-0.25, -0.2) is 0 Å². The number of fused-ring (bicyclic) bond motifs is 1. The molecule has 0 bridgehead atoms. The Bertz CT molecular complexity index is 440. The number of carbonyl (C=O) groups excluding carboxylic acids is 2. The Balaban J connectivity index is 2.06. The first-order valence-electron chi connectivity index (χ1n) is 7.27. The Kier molecular flexibility index (Phi) is 4.32. The van der Waals surface area contributed by atoms with Crippen LogP contribution in [0.3, 0.4) is 0 Å². The van der Waals surface area contributed by atoms with Gasteiger partial charge in [0.05, 0.1) is 10.4 Å². The van der Waals surface area contributed by atoms with Crippen molar-refractivity contribution in [3.8, 4) is 0 Å². The SMILES string of the molecule is CCC(C)(C(=O)N1CCC2NC(=O)CCC2C1)C(N)=S. The zero-order valence-electron chi connectivity index (χ0n) is 12.1. The Morgan fingerprint density at radius 3 is 2.85 bits per heavy atom. The zero-order chi connectivity index (χ0) is 14.9. The van der Waals surface area contributed by atoms with E-state index in [4.69, 9.17) is 18.0 Å². The zero-order valence-corrected chi connectivity index (χ0v) is 13.0. The number of thiocarbonyl (C=S) groups is 1. The lowest BCUT2D eigenvalue weighted by molar-refractivity contribution is -0.141. The number of likely N-dealkylation sites (tertiary alicyclic amines) is 1. The van der Waals surface area contributed by atoms with Crippen molar-refractivity contribution in [3.63, 3.8) is 0 Å². The second kappa shape index (κ2) is 5.68. The van der Waals surface area contributed by atoms with Crippen LogP contribution in [-0.4, -0.2) is 40.8 Å². The molecule has 112 valence electrons. The van der Waals surface area contributed by atoms with E-state index in [-0.39, 0.29) is 22.8 Å². The van der Waals surface area contributed by atoms with Crippen LogP contribution in [0.4, 0.5) is 0 Å². The van der Waals surface area contributed by atoms with Gasteiger partial charge in [0, 0.05) is 25.6 Å². The lowest BCUT2D eigenvalue weighted by atomic mass is 9.81. The lowest BCUT2D eigenvalue weighted by Gasteiger charge is -2.43. The molecule has 2 aliphatic heterocycles. The third-order valence-electron chi connectivity index (χ3n) is 4.83. The minimum Gasteiger partial charge on any atom is -0.392 e. The van der Waals surface area contributed by atoms with Crippen LogP contribution in [0, 0.1) is 11.3 Å². The Morgan fingerprint density at radius 2 is 2.25 bits per heavy atom. The molecule has 0 spiro atoms. The number of rotatable bonds is 3. The topological polar surface area (TPSA) is 75.4 Å². The summed E-state index contributed by atoms with van der Waals surface area (Å²) in [5.41, 5.74) is 5.02. The normalized spacial score (nSPS) is 29.1. The van der Waals surface area contributed by atoms with Gasteiger partial charge in [0.25, 0.3) is 0 Å². The number of piperidine rings is 2. The van der Waals surface area contributed by atoms with E-state index in [0.717, 1.165) is 12.8 Å². The molecule has 5 nitrogen and oxygen atoms in total. The van der Waals surface area contributed by atoms with E-state index in [1.54, 1.807) is 0 Å². The van der Waals surface area contributed by atoms with Crippen molar-refractivity contribution in [1.82, 2.24) is 10.2 Å². The van der Waals surface area contributed by atoms with E-state index < -0.39 is 5.41 Å². The molecule has 3 N–H and O–H groups in total. The van der Waals surface area contributed by atoms with Gasteiger partial charge in [-0.15, -0.1) is 0 Å². The van der Waals surface area contributed by atoms with Gasteiger partial charge in [-0.05, 0) is 32.1 Å². The van der Waals surface area contributed by atoms with Crippen molar-refractivity contribution in [3.05, 3.63) is 0 Å². The first-order valence-corrected chi connectivity index (χ1v) is 7.68. The molecule has 0 aliphatic carbocycles. The predicted molar refractivity (Wildman–Crippen MR) is 81.0 cm³/mol. The summed E-state index contributed by atoms with van der Waals surface area (Å²) in [6.07, 6.45) is 2.85. The number of hydrogen-bond donors (Lipinski definition) is 2. The van der Waals surface area contributed by atoms with Crippen LogP contribution >= 0.6 is 12.2 Å². The van der Waals surface area contributed by atoms with Gasteiger partial charge < -0.3 is 16.0 Å². The molecule has 2 amide bonds. The average molecular weight is 297 g/mol. The van der Waals surface area contributed by atoms with Crippen LogP contribution in [0.25, 0.3) is 0 Å². The van der Waals surface area contributed by atoms with Crippen LogP contribution in [0.2, 0.25) is 0 Å². The van der Waals surface area contributed by atoms with Gasteiger partial charge in [0.15, 0.2) is 0 Å². The predicted octanol–water partition coefficient (Wildman–Crippen LogP) is 0.816. The summed E-state index contributed by atoms with van der Waals surface area (Å²) >= 11 is 5.08. The first-order chi connectivity index (χ1) is 9.38. The fraction of sp³-hybridized carbons (Fsp3) is 0.786. The van der Waals surface area contributed by atoms with Crippen LogP contribution in [0.5, 0.6) is 0 Å². The fourth-order valence-electron chi connectivity index (χ4n) is 3.07. The molecule has 2 aliphatic rings. The first kappa shape index (κ1) is 15.2. The van der Waals surface area contributed by atoms with E-state index >= 15 is 0 Å². The van der Waals surface area contributed by atoms with Gasteiger partial charge in [-0.2, -0.15) is 0 Å². The van der Waals surface area contributed by atoms with E-state index in [2.05, 4.69) is 5.32 Å². The molecule has 2 fully saturated rings. The highest BCUT2D eigenvalue weighted by molar-refractivity contribution is 7.80. The Labute approximate surface area is 125 Å². The molecule has 0 aromatic carbocycles. The summed E-state index contributed by atoms with van der Waals surface area (Å²) in [4.78, 5) is 26.2. The van der Waals surface area contributed by atoms with E-state index in [1.165, 1.54) is 0 Å². The van der Waals surface area contributed by atoms with E-state index in [1.807, 2.05) is 18.7 Å². The van der Waals surface area contributed by atoms with Crippen molar-refractivity contribution < 1.29 is 9.59 Å². The van der Waals surface area contributed by atoms with Crippen LogP contribution < -0.4 is 11.1 Å². The van der Waals surface area contributed by atoms with Crippen molar-refractivity contribution in [2.24, 2.45) is 17.1 Å². The van der Waals surface area contributed by atoms with Crippen molar-refractivity contribution >= 4 is 29.0 Å². The molecule has 20 heavy (non-hydrogen) atoms. The maximum Gasteiger partial charge on any atom is 0.235 e. The molecule has 2 rings (SSSR count). The van der Waals surface area contributed by atoms with Crippen molar-refractivity contribution in [2.75, 3.05) is 13.1 Å². The summed E-state index contributed by atoms with van der Waals surface area (Å²) in [5, 5.41) is 3.03. The molecule has 3 atom stereocenters. The quantitative estimate of drug-likeness (QED) is 0.756. The molecule has 0 aromatic rings. The van der Waals surface area contributed by atoms with Crippen molar-refractivity contribution in [2.45, 2.75) is 45.6 Å². The summed E-state index contributed by atoms with van der Waals surface area (Å²) in [7, 11) is 0. The van der Waals surface area contributed by atoms with Gasteiger partial charge in [0.1, 0.15) is 0 Å². The molecule has 0 aromatic heterocycles. The highest BCUT2D eigenvalue weighted by Gasteiger charge is 2.42. The third-order valence-corrected chi connectivity index (χ3v) is 5.28. The summed E-state index contributed by atoms with van der Waals surface area (Å²) in [5.74, 6) is 0.522. The standard InChI is InChI=1S/C14H23N3O2S/c1-3-14(2,12(15)20)13(19)17-7-6-10-9(8-17)4-5-11(18)16-10/h9-10H,3-8H2,1-2H3,(H2,15,20)(H,16,18). The number of amides is 2. The maximum atomic E-state index is 12.7. The molecule has 2 heterocycles. The molecule has 6 heteroatoms. The van der Waals surface area contributed by atoms with Crippen LogP contribution in [0.1, 0.15) is 39.5 Å². The lowest BCUT2D eigenvalue weighted by Crippen LogP contribution is -2.58. The second-order valence-electron chi connectivity index (χ2n) is 6.06. The number of nitrogens with two attached hydrogens (primary N) is 1. The monoisotopic (exact) mass is 297 g/mol. The van der Waals surface area contributed by atoms with Gasteiger partial charge in [-0.3, -0.25) is 9.59 Å². The Hall–Kier alpha value is -1.17. The number of nitrogens with zero attached hydrogens (tertiary/aromatic N) is 1. The fourth-order valence-corrected chi connectivity index (χ4v) is 3.31. The summed E-state index contributed by atoms with van der Waals surface area (Å²) in [6, 6.07) is 0.220. The molecule has 0 saturated carbocycles. The van der Waals surface area contributed by atoms with E-state index in [9.17, 15) is 9.59 Å². The second-order valence-corrected chi connectivity index (χ2v) is 6.50. The van der Waals surface area contributed by atoms with Crippen LogP contribution in [-0.2, 0) is 9.59 Å². The minimum absolute atomic E-state index is 0.0304. The highest BCUT2D eigenvalue weighted by Crippen LogP contribution is 2.30. The van der Waals surface area contributed by atoms with Gasteiger partial charge in [-0.1, -0.05) is 19.1 Å². The largest absolute Gasteiger partial charge is 0.392 e.